The Balaban J connectivity index is 1.13. The molecular formula is C62H80N4O20. The molecule has 0 bridgehead atoms. The average Bonchev–Trinajstić information content (AvgIpc) is 0.905. The molecule has 2 fully saturated rings. The van der Waals surface area contributed by atoms with E-state index in [1.165, 1.54) is 38.5 Å². The monoisotopic (exact) mass is 1200 g/mol. The van der Waals surface area contributed by atoms with Gasteiger partial charge in [0.1, 0.15) is 48.1 Å². The van der Waals surface area contributed by atoms with Gasteiger partial charge in [-0.3, -0.25) is 47.9 Å². The van der Waals surface area contributed by atoms with Gasteiger partial charge >= 0.3 is 35.5 Å². The van der Waals surface area contributed by atoms with E-state index in [9.17, 15) is 48.3 Å². The maximum absolute atomic E-state index is 14.6. The van der Waals surface area contributed by atoms with Crippen LogP contribution in [-0.2, 0) is 77.1 Å². The summed E-state index contributed by atoms with van der Waals surface area (Å²) >= 11 is 0. The molecule has 24 heteroatoms. The van der Waals surface area contributed by atoms with Gasteiger partial charge in [0.25, 0.3) is 5.56 Å². The number of morpholine rings is 1. The maximum Gasteiger partial charge on any atom is 0.330 e. The highest BCUT2D eigenvalue weighted by Gasteiger charge is 2.52. The number of aromatic amines is 1. The lowest BCUT2D eigenvalue weighted by atomic mass is 9.79. The van der Waals surface area contributed by atoms with Crippen LogP contribution in [0.1, 0.15) is 133 Å². The number of aliphatic carboxylic acids is 1. The Morgan fingerprint density at radius 3 is 1.83 bits per heavy atom. The molecule has 3 N–H and O–H groups in total. The number of methoxy groups -OCH3 is 2. The number of aromatic nitrogens is 2. The van der Waals surface area contributed by atoms with Gasteiger partial charge in [-0.25, -0.2) is 4.79 Å². The lowest BCUT2D eigenvalue weighted by Crippen LogP contribution is -2.66. The Bertz CT molecular complexity index is 2970. The molecule has 0 spiro atoms. The number of hydrogen-bond donors (Lipinski definition) is 3. The second-order valence-electron chi connectivity index (χ2n) is 21.4. The van der Waals surface area contributed by atoms with E-state index in [4.69, 9.17) is 47.4 Å². The van der Waals surface area contributed by atoms with Crippen LogP contribution < -0.4 is 26.0 Å². The highest BCUT2D eigenvalue weighted by atomic mass is 16.7. The molecule has 86 heavy (non-hydrogen) atoms. The maximum atomic E-state index is 14.6. The molecular weight excluding hydrogens is 1120 g/mol. The van der Waals surface area contributed by atoms with E-state index in [0.29, 0.717) is 41.0 Å². The summed E-state index contributed by atoms with van der Waals surface area (Å²) in [6.45, 7) is 4.99. The number of carbonyl (C=O) groups is 7. The molecule has 0 saturated carbocycles. The molecule has 3 aromatic carbocycles. The summed E-state index contributed by atoms with van der Waals surface area (Å²) < 4.78 is 60.6. The van der Waals surface area contributed by atoms with Crippen LogP contribution in [0.25, 0.3) is 0 Å². The third kappa shape index (κ3) is 19.0. The number of aryl methyl sites for hydroxylation is 1. The first kappa shape index (κ1) is 67.2. The molecule has 3 heterocycles. The first-order valence-electron chi connectivity index (χ1n) is 28.8. The molecule has 6 rings (SSSR count). The van der Waals surface area contributed by atoms with E-state index < -0.39 is 115 Å². The molecule has 2 aliphatic heterocycles. The molecule has 2 aliphatic rings. The normalized spacial score (nSPS) is 20.2. The summed E-state index contributed by atoms with van der Waals surface area (Å²) in [7, 11) is 3.11. The fourth-order valence-electron chi connectivity index (χ4n) is 10.5. The van der Waals surface area contributed by atoms with E-state index in [1.807, 2.05) is 54.6 Å². The van der Waals surface area contributed by atoms with Crippen molar-refractivity contribution in [2.75, 3.05) is 53.7 Å². The number of hydrogen-bond acceptors (Lipinski definition) is 19. The van der Waals surface area contributed by atoms with Gasteiger partial charge in [0.05, 0.1) is 46.8 Å². The molecule has 2 amide bonds. The van der Waals surface area contributed by atoms with Crippen LogP contribution in [0.5, 0.6) is 11.5 Å². The number of benzene rings is 3. The van der Waals surface area contributed by atoms with Crippen LogP contribution in [0.15, 0.2) is 94.6 Å². The highest BCUT2D eigenvalue weighted by Crippen LogP contribution is 2.43. The van der Waals surface area contributed by atoms with Crippen molar-refractivity contribution in [2.24, 2.45) is 0 Å². The molecule has 0 aliphatic carbocycles. The lowest BCUT2D eigenvalue weighted by Gasteiger charge is -2.47. The number of H-pyrrole nitrogens is 1. The molecule has 0 unspecified atom stereocenters. The van der Waals surface area contributed by atoms with Gasteiger partial charge in [-0.15, -0.1) is 0 Å². The van der Waals surface area contributed by atoms with E-state index in [2.05, 4.69) is 10.3 Å². The van der Waals surface area contributed by atoms with Crippen molar-refractivity contribution in [3.8, 4) is 11.5 Å². The van der Waals surface area contributed by atoms with Crippen molar-refractivity contribution < 1.29 is 86.0 Å². The van der Waals surface area contributed by atoms with Crippen molar-refractivity contribution in [3.63, 3.8) is 0 Å². The fraction of sp³-hybridized carbons (Fsp3) is 0.532. The van der Waals surface area contributed by atoms with Crippen LogP contribution in [0.2, 0.25) is 0 Å². The van der Waals surface area contributed by atoms with Crippen LogP contribution in [0.3, 0.4) is 0 Å². The van der Waals surface area contributed by atoms with E-state index in [0.717, 1.165) is 51.9 Å². The molecule has 0 radical (unpaired) electrons. The van der Waals surface area contributed by atoms with Crippen molar-refractivity contribution in [2.45, 2.75) is 160 Å². The molecule has 7 atom stereocenters. The summed E-state index contributed by atoms with van der Waals surface area (Å²) in [6.07, 6.45) is 1.76. The third-order valence-electron chi connectivity index (χ3n) is 14.7. The zero-order chi connectivity index (χ0) is 62.4. The van der Waals surface area contributed by atoms with Gasteiger partial charge in [0, 0.05) is 52.5 Å². The van der Waals surface area contributed by atoms with Crippen molar-refractivity contribution >= 4 is 41.7 Å². The molecule has 2 saturated heterocycles. The summed E-state index contributed by atoms with van der Waals surface area (Å²) in [5, 5.41) is 12.1. The van der Waals surface area contributed by atoms with E-state index in [-0.39, 0.29) is 50.8 Å². The molecule has 1 aromatic heterocycles. The summed E-state index contributed by atoms with van der Waals surface area (Å²) in [4.78, 5) is 118. The SMILES string of the molecule is COc1ccc(C(OC[C@]2(COC(=O)CCC(=O)O)CN(C(=O)CCCCCCCCCCCO[C@@H]3O[C@H](COC(C)=O)[C@H](OC(C)=O)[C@H](OC(C)=O)[C@H]3NC(C)=O)C[C@H](n3cc(C)c(=O)[nH]c3=O)O2)(c2ccccc2)c2ccc(OC)cc2)cc1. The number of ether oxygens (including phenoxy) is 10. The fourth-order valence-corrected chi connectivity index (χ4v) is 10.5. The number of amides is 2. The Hall–Kier alpha value is -7.93. The molecule has 468 valence electrons. The minimum Gasteiger partial charge on any atom is -0.497 e. The van der Waals surface area contributed by atoms with Gasteiger partial charge in [-0.2, -0.15) is 0 Å². The second-order valence-corrected chi connectivity index (χ2v) is 21.4. The summed E-state index contributed by atoms with van der Waals surface area (Å²) in [5.74, 6) is -3.65. The number of rotatable bonds is 32. The van der Waals surface area contributed by atoms with Crippen LogP contribution >= 0.6 is 0 Å². The number of nitrogens with zero attached hydrogens (tertiary/aromatic N) is 2. The predicted octanol–water partition coefficient (Wildman–Crippen LogP) is 5.95. The second kappa shape index (κ2) is 32.5. The molecule has 24 nitrogen and oxygen atoms in total. The molecule has 4 aromatic rings. The Labute approximate surface area is 499 Å². The first-order chi connectivity index (χ1) is 41.2. The Morgan fingerprint density at radius 1 is 0.698 bits per heavy atom. The van der Waals surface area contributed by atoms with Gasteiger partial charge in [0.2, 0.25) is 11.8 Å². The largest absolute Gasteiger partial charge is 0.497 e. The zero-order valence-electron chi connectivity index (χ0n) is 49.9. The Kier molecular flexibility index (Phi) is 25.4. The number of unbranched alkanes of at least 4 members (excludes halogenated alkanes) is 8. The third-order valence-corrected chi connectivity index (χ3v) is 14.7. The van der Waals surface area contributed by atoms with Gasteiger partial charge in [0.15, 0.2) is 24.7 Å². The average molecular weight is 1200 g/mol. The number of carbonyl (C=O) groups excluding carboxylic acids is 6. The Morgan fingerprint density at radius 2 is 1.27 bits per heavy atom. The number of carboxylic acid groups (broad SMARTS) is 1. The summed E-state index contributed by atoms with van der Waals surface area (Å²) in [5.41, 5.74) is -2.34. The number of esters is 4. The van der Waals surface area contributed by atoms with Crippen molar-refractivity contribution in [1.82, 2.24) is 19.8 Å². The first-order valence-corrected chi connectivity index (χ1v) is 28.8. The van der Waals surface area contributed by atoms with Gasteiger partial charge in [-0.05, 0) is 60.7 Å². The zero-order valence-corrected chi connectivity index (χ0v) is 49.9. The quantitative estimate of drug-likeness (QED) is 0.0220. The van der Waals surface area contributed by atoms with Crippen molar-refractivity contribution in [3.05, 3.63) is 128 Å². The predicted molar refractivity (Wildman–Crippen MR) is 308 cm³/mol. The van der Waals surface area contributed by atoms with E-state index >= 15 is 0 Å². The minimum absolute atomic E-state index is 0.122. The standard InChI is InChI=1S/C62H80N4O20/c1-40-34-66(60(76)64-58(40)75)52-35-65(51(71)22-18-13-11-9-8-10-12-14-19-33-79-59-55(63-41(2)67)57(84-44(5)70)56(83-43(4)69)50(85-59)36-80-42(3)68)37-61(86-52,38-81-54(74)32-31-53(72)73)39-82-62(45-20-16-15-17-21-45,46-23-27-48(77-6)28-24-46)47-25-29-49(78-7)30-26-47/h15-17,20-21,23-30,34,50,52,55-57,59H,8-14,18-19,22,31-33,35-39H2,1-7H3,(H,63,67)(H,72,73)(H,64,75,76)/t50-,52-,55-,56+,57-,59-,61-/m1/s1. The van der Waals surface area contributed by atoms with E-state index in [1.54, 1.807) is 43.4 Å². The number of carboxylic acids is 1. The van der Waals surface area contributed by atoms with Gasteiger partial charge < -0.3 is 62.7 Å². The van der Waals surface area contributed by atoms with Crippen molar-refractivity contribution in [1.29, 1.82) is 0 Å². The van der Waals surface area contributed by atoms with Crippen LogP contribution in [-0.4, -0.2) is 151 Å². The van der Waals surface area contributed by atoms with Gasteiger partial charge in [-0.1, -0.05) is 99.5 Å². The smallest absolute Gasteiger partial charge is 0.330 e. The number of nitrogens with one attached hydrogen (secondary N) is 2. The van der Waals surface area contributed by atoms with Crippen LogP contribution in [0.4, 0.5) is 0 Å². The lowest BCUT2D eigenvalue weighted by molar-refractivity contribution is -0.277. The topological polar surface area (TPSA) is 302 Å². The van der Waals surface area contributed by atoms with Crippen LogP contribution in [0, 0.1) is 6.92 Å². The highest BCUT2D eigenvalue weighted by molar-refractivity contribution is 5.77. The summed E-state index contributed by atoms with van der Waals surface area (Å²) in [6, 6.07) is 23.0. The minimum atomic E-state index is -1.72.